The first kappa shape index (κ1) is 13.3. The van der Waals surface area contributed by atoms with Crippen LogP contribution in [0.25, 0.3) is 0 Å². The van der Waals surface area contributed by atoms with Gasteiger partial charge in [-0.05, 0) is 19.1 Å². The molecule has 0 heterocycles. The van der Waals surface area contributed by atoms with Gasteiger partial charge in [-0.15, -0.1) is 0 Å². The van der Waals surface area contributed by atoms with Gasteiger partial charge in [-0.25, -0.2) is 4.79 Å². The van der Waals surface area contributed by atoms with Gasteiger partial charge < -0.3 is 10.1 Å². The molecule has 0 saturated heterocycles. The molecule has 16 heavy (non-hydrogen) atoms. The Bertz CT molecular complexity index is 349. The van der Waals surface area contributed by atoms with Crippen molar-refractivity contribution in [3.63, 3.8) is 0 Å². The van der Waals surface area contributed by atoms with Gasteiger partial charge >= 0.3 is 5.97 Å². The van der Waals surface area contributed by atoms with Gasteiger partial charge in [-0.3, -0.25) is 0 Å². The Morgan fingerprint density at radius 2 is 2.00 bits per heavy atom. The number of benzene rings is 1. The van der Waals surface area contributed by atoms with E-state index in [1.54, 1.807) is 25.1 Å². The molecule has 1 aromatic rings. The van der Waals surface area contributed by atoms with Crippen molar-refractivity contribution in [1.29, 1.82) is 0 Å². The highest BCUT2D eigenvalue weighted by atomic mass is 35.5. The Labute approximate surface area is 105 Å². The smallest absolute Gasteiger partial charge is 0.361 e. The van der Waals surface area contributed by atoms with E-state index in [-0.39, 0.29) is 12.5 Å². The lowest BCUT2D eigenvalue weighted by Gasteiger charge is -2.05. The molecule has 0 aliphatic rings. The van der Waals surface area contributed by atoms with Gasteiger partial charge in [-0.2, -0.15) is 0 Å². The minimum Gasteiger partial charge on any atom is -0.462 e. The zero-order valence-electron chi connectivity index (χ0n) is 9.00. The van der Waals surface area contributed by atoms with E-state index in [0.717, 1.165) is 5.56 Å². The molecule has 0 aromatic heterocycles. The van der Waals surface area contributed by atoms with Crippen LogP contribution in [0.4, 0.5) is 0 Å². The largest absolute Gasteiger partial charge is 0.462 e. The third-order valence-corrected chi connectivity index (χ3v) is 2.73. The van der Waals surface area contributed by atoms with Crippen molar-refractivity contribution in [1.82, 2.24) is 0 Å². The molecular formula is C11H14Cl2NO2+. The summed E-state index contributed by atoms with van der Waals surface area (Å²) < 4.78 is 4.80. The summed E-state index contributed by atoms with van der Waals surface area (Å²) in [5.74, 6) is -0.231. The fourth-order valence-corrected chi connectivity index (χ4v) is 1.83. The molecule has 88 valence electrons. The van der Waals surface area contributed by atoms with E-state index in [1.807, 2.05) is 5.32 Å². The normalized spacial score (nSPS) is 10.2. The van der Waals surface area contributed by atoms with Crippen molar-refractivity contribution in [2.75, 3.05) is 13.2 Å². The number of rotatable bonds is 5. The van der Waals surface area contributed by atoms with Gasteiger partial charge in [0, 0.05) is 5.56 Å². The molecule has 0 aliphatic heterocycles. The third kappa shape index (κ3) is 4.00. The summed E-state index contributed by atoms with van der Waals surface area (Å²) in [7, 11) is 0. The van der Waals surface area contributed by atoms with E-state index in [2.05, 4.69) is 0 Å². The number of halogens is 2. The van der Waals surface area contributed by atoms with Crippen LogP contribution in [0.15, 0.2) is 18.2 Å². The molecule has 0 spiro atoms. The molecular weight excluding hydrogens is 249 g/mol. The molecule has 0 fully saturated rings. The Balaban J connectivity index is 2.46. The van der Waals surface area contributed by atoms with E-state index in [1.165, 1.54) is 0 Å². The first-order chi connectivity index (χ1) is 7.65. The monoisotopic (exact) mass is 262 g/mol. The number of carbonyl (C=O) groups excluding carboxylic acids is 1. The predicted molar refractivity (Wildman–Crippen MR) is 63.6 cm³/mol. The number of hydrogen-bond acceptors (Lipinski definition) is 2. The second kappa shape index (κ2) is 6.74. The van der Waals surface area contributed by atoms with Gasteiger partial charge in [0.1, 0.15) is 6.54 Å². The minimum absolute atomic E-state index is 0.231. The maximum atomic E-state index is 11.1. The third-order valence-electron chi connectivity index (χ3n) is 2.03. The van der Waals surface area contributed by atoms with Gasteiger partial charge in [-0.1, -0.05) is 29.3 Å². The van der Waals surface area contributed by atoms with Crippen molar-refractivity contribution in [2.45, 2.75) is 13.5 Å². The average molecular weight is 263 g/mol. The molecule has 1 aromatic carbocycles. The number of quaternary nitrogens is 1. The summed E-state index contributed by atoms with van der Waals surface area (Å²) in [6.07, 6.45) is 0. The Morgan fingerprint density at radius 3 is 2.56 bits per heavy atom. The highest BCUT2D eigenvalue weighted by molar-refractivity contribution is 6.35. The number of nitrogens with two attached hydrogens (primary N) is 1. The van der Waals surface area contributed by atoms with Gasteiger partial charge in [0.2, 0.25) is 0 Å². The topological polar surface area (TPSA) is 42.9 Å². The maximum absolute atomic E-state index is 11.1. The lowest BCUT2D eigenvalue weighted by Crippen LogP contribution is -2.84. The van der Waals surface area contributed by atoms with Crippen LogP contribution >= 0.6 is 23.2 Å². The van der Waals surface area contributed by atoms with Crippen molar-refractivity contribution in [3.8, 4) is 0 Å². The highest BCUT2D eigenvalue weighted by Crippen LogP contribution is 2.22. The van der Waals surface area contributed by atoms with Crippen LogP contribution in [-0.4, -0.2) is 19.1 Å². The number of hydrogen-bond donors (Lipinski definition) is 1. The van der Waals surface area contributed by atoms with Crippen LogP contribution in [0.1, 0.15) is 12.5 Å². The molecule has 0 radical (unpaired) electrons. The van der Waals surface area contributed by atoms with Crippen molar-refractivity contribution in [3.05, 3.63) is 33.8 Å². The van der Waals surface area contributed by atoms with Crippen molar-refractivity contribution >= 4 is 29.2 Å². The fraction of sp³-hybridized carbons (Fsp3) is 0.364. The molecule has 2 N–H and O–H groups in total. The number of esters is 1. The summed E-state index contributed by atoms with van der Waals surface area (Å²) in [6.45, 7) is 3.02. The number of carbonyl (C=O) groups is 1. The van der Waals surface area contributed by atoms with Crippen LogP contribution in [0.2, 0.25) is 10.0 Å². The van der Waals surface area contributed by atoms with Crippen LogP contribution < -0.4 is 5.32 Å². The molecule has 0 unspecified atom stereocenters. The second-order valence-corrected chi connectivity index (χ2v) is 4.02. The molecule has 5 heteroatoms. The van der Waals surface area contributed by atoms with Crippen LogP contribution in [0.3, 0.4) is 0 Å². The maximum Gasteiger partial charge on any atom is 0.361 e. The molecule has 0 bridgehead atoms. The van der Waals surface area contributed by atoms with E-state index >= 15 is 0 Å². The van der Waals surface area contributed by atoms with E-state index in [9.17, 15) is 4.79 Å². The van der Waals surface area contributed by atoms with Gasteiger partial charge in [0.25, 0.3) is 0 Å². The molecule has 3 nitrogen and oxygen atoms in total. The first-order valence-electron chi connectivity index (χ1n) is 5.05. The molecule has 0 atom stereocenters. The Hall–Kier alpha value is -0.770. The first-order valence-corrected chi connectivity index (χ1v) is 5.81. The lowest BCUT2D eigenvalue weighted by molar-refractivity contribution is -0.661. The van der Waals surface area contributed by atoms with Crippen LogP contribution in [-0.2, 0) is 16.1 Å². The standard InChI is InChI=1S/C11H13Cl2NO2/c1-2-16-11(15)7-14-6-8-9(12)4-3-5-10(8)13/h3-5,14H,2,6-7H2,1H3/p+1. The van der Waals surface area contributed by atoms with Crippen molar-refractivity contribution < 1.29 is 14.8 Å². The Kier molecular flexibility index (Phi) is 5.60. The molecule has 0 amide bonds. The number of ether oxygens (including phenoxy) is 1. The van der Waals surface area contributed by atoms with E-state index in [4.69, 9.17) is 27.9 Å². The summed E-state index contributed by atoms with van der Waals surface area (Å²) >= 11 is 12.0. The highest BCUT2D eigenvalue weighted by Gasteiger charge is 2.09. The predicted octanol–water partition coefficient (Wildman–Crippen LogP) is 1.62. The second-order valence-electron chi connectivity index (χ2n) is 3.20. The summed E-state index contributed by atoms with van der Waals surface area (Å²) in [5.41, 5.74) is 0.843. The molecule has 0 aliphatic carbocycles. The summed E-state index contributed by atoms with van der Waals surface area (Å²) in [5, 5.41) is 3.05. The Morgan fingerprint density at radius 1 is 1.38 bits per heavy atom. The zero-order valence-corrected chi connectivity index (χ0v) is 10.5. The van der Waals surface area contributed by atoms with E-state index in [0.29, 0.717) is 23.2 Å². The fourth-order valence-electron chi connectivity index (χ4n) is 1.28. The minimum atomic E-state index is -0.231. The van der Waals surface area contributed by atoms with Gasteiger partial charge in [0.05, 0.1) is 16.7 Å². The summed E-state index contributed by atoms with van der Waals surface area (Å²) in [6, 6.07) is 5.35. The average Bonchev–Trinajstić information content (AvgIpc) is 2.23. The molecule has 0 saturated carbocycles. The quantitative estimate of drug-likeness (QED) is 0.820. The van der Waals surface area contributed by atoms with Crippen molar-refractivity contribution in [2.24, 2.45) is 0 Å². The van der Waals surface area contributed by atoms with E-state index < -0.39 is 0 Å². The van der Waals surface area contributed by atoms with Gasteiger partial charge in [0.15, 0.2) is 6.54 Å². The SMILES string of the molecule is CCOC(=O)C[NH2+]Cc1c(Cl)cccc1Cl. The summed E-state index contributed by atoms with van der Waals surface area (Å²) in [4.78, 5) is 11.1. The van der Waals surface area contributed by atoms with Crippen LogP contribution in [0.5, 0.6) is 0 Å². The van der Waals surface area contributed by atoms with Crippen LogP contribution in [0, 0.1) is 0 Å². The molecule has 1 rings (SSSR count). The zero-order chi connectivity index (χ0) is 12.0. The lowest BCUT2D eigenvalue weighted by atomic mass is 10.2.